The van der Waals surface area contributed by atoms with Crippen LogP contribution in [0.5, 0.6) is 0 Å². The lowest BCUT2D eigenvalue weighted by Crippen LogP contribution is -2.25. The average molecular weight is 771 g/mol. The van der Waals surface area contributed by atoms with Crippen molar-refractivity contribution in [1.82, 2.24) is 9.97 Å². The normalized spacial score (nSPS) is 18.3. The second-order valence-electron chi connectivity index (χ2n) is 15.8. The number of anilines is 6. The Morgan fingerprint density at radius 1 is 0.367 bits per heavy atom. The molecule has 0 N–H and O–H groups in total. The van der Waals surface area contributed by atoms with E-state index in [4.69, 9.17) is 0 Å². The van der Waals surface area contributed by atoms with Crippen molar-refractivity contribution in [1.29, 1.82) is 0 Å². The number of para-hydroxylation sites is 3. The van der Waals surface area contributed by atoms with E-state index >= 15 is 0 Å². The van der Waals surface area contributed by atoms with Gasteiger partial charge in [0.2, 0.25) is 0 Å². The summed E-state index contributed by atoms with van der Waals surface area (Å²) in [6.07, 6.45) is 19.9. The summed E-state index contributed by atoms with van der Waals surface area (Å²) in [5, 5.41) is 0. The fourth-order valence-electron chi connectivity index (χ4n) is 9.70. The Kier molecular flexibility index (Phi) is 9.08. The van der Waals surface area contributed by atoms with Gasteiger partial charge in [0.15, 0.2) is 0 Å². The molecule has 6 aromatic carbocycles. The molecule has 3 aliphatic rings. The van der Waals surface area contributed by atoms with Crippen LogP contribution in [0.25, 0.3) is 11.6 Å². The molecule has 60 heavy (non-hydrogen) atoms. The standard InChI is InChI=1S/C56H42N4/c1-4-11-43(12-5-1)59(44-13-6-2-7-14-44)46-24-18-39(19-25-46)49-28-22-42-23-29-51-53(37-54(41-32-35-57-36-33-41)52-31-30-50(49)55(42)56(51)52)40-20-26-47(27-21-40)60(45-15-8-3-9-16-45)48-17-10-34-58-38-48/h1-38,49-50,52,54H. The lowest BCUT2D eigenvalue weighted by molar-refractivity contribution is 0.642. The lowest BCUT2D eigenvalue weighted by Gasteiger charge is -2.41. The number of benzene rings is 6. The highest BCUT2D eigenvalue weighted by atomic mass is 15.1. The van der Waals surface area contributed by atoms with Gasteiger partial charge >= 0.3 is 0 Å². The Bertz CT molecular complexity index is 2770. The third kappa shape index (κ3) is 6.34. The van der Waals surface area contributed by atoms with E-state index in [1.165, 1.54) is 44.5 Å². The second-order valence-corrected chi connectivity index (χ2v) is 15.8. The van der Waals surface area contributed by atoms with Crippen molar-refractivity contribution in [2.45, 2.75) is 23.7 Å². The molecule has 286 valence electrons. The smallest absolute Gasteiger partial charge is 0.0644 e. The first-order valence-electron chi connectivity index (χ1n) is 20.8. The van der Waals surface area contributed by atoms with Crippen molar-refractivity contribution in [3.8, 4) is 0 Å². The zero-order valence-electron chi connectivity index (χ0n) is 33.0. The molecule has 0 fully saturated rings. The molecule has 11 rings (SSSR count). The zero-order chi connectivity index (χ0) is 39.8. The SMILES string of the molecule is C1=CC(c2ccc(N(c3ccccc3)c3ccccc3)cc2)C2C=CC3c4c(ccc1c42)C(c1ccc(N(c2ccccc2)c2cccnc2)cc1)=CC3c1ccncc1. The monoisotopic (exact) mass is 770 g/mol. The topological polar surface area (TPSA) is 32.3 Å². The summed E-state index contributed by atoms with van der Waals surface area (Å²) in [7, 11) is 0. The number of pyridine rings is 2. The summed E-state index contributed by atoms with van der Waals surface area (Å²) in [6, 6.07) is 63.3. The maximum atomic E-state index is 4.45. The predicted octanol–water partition coefficient (Wildman–Crippen LogP) is 14.2. The molecule has 0 spiro atoms. The van der Waals surface area contributed by atoms with Gasteiger partial charge in [0.25, 0.3) is 0 Å². The molecule has 0 radical (unpaired) electrons. The maximum absolute atomic E-state index is 4.45. The van der Waals surface area contributed by atoms with Crippen molar-refractivity contribution in [2.75, 3.05) is 9.80 Å². The van der Waals surface area contributed by atoms with Crippen LogP contribution < -0.4 is 9.80 Å². The first-order chi connectivity index (χ1) is 29.8. The summed E-state index contributed by atoms with van der Waals surface area (Å²) >= 11 is 0. The Morgan fingerprint density at radius 2 is 0.900 bits per heavy atom. The summed E-state index contributed by atoms with van der Waals surface area (Å²) in [5.41, 5.74) is 17.2. The Morgan fingerprint density at radius 3 is 1.50 bits per heavy atom. The Hall–Kier alpha value is -7.56. The van der Waals surface area contributed by atoms with Crippen molar-refractivity contribution in [3.63, 3.8) is 0 Å². The second kappa shape index (κ2) is 15.3. The summed E-state index contributed by atoms with van der Waals surface area (Å²) in [4.78, 5) is 13.4. The minimum atomic E-state index is 0.167. The van der Waals surface area contributed by atoms with E-state index in [2.05, 4.69) is 220 Å². The highest BCUT2D eigenvalue weighted by Crippen LogP contribution is 2.56. The maximum Gasteiger partial charge on any atom is 0.0644 e. The Balaban J connectivity index is 0.980. The van der Waals surface area contributed by atoms with Gasteiger partial charge in [0, 0.05) is 70.7 Å². The minimum Gasteiger partial charge on any atom is -0.311 e. The first kappa shape index (κ1) is 35.6. The predicted molar refractivity (Wildman–Crippen MR) is 247 cm³/mol. The van der Waals surface area contributed by atoms with Gasteiger partial charge in [0.1, 0.15) is 0 Å². The highest BCUT2D eigenvalue weighted by Gasteiger charge is 2.39. The third-order valence-corrected chi connectivity index (χ3v) is 12.4. The number of hydrogen-bond acceptors (Lipinski definition) is 4. The zero-order valence-corrected chi connectivity index (χ0v) is 33.0. The number of nitrogens with zero attached hydrogens (tertiary/aromatic N) is 4. The van der Waals surface area contributed by atoms with Crippen LogP contribution in [-0.2, 0) is 0 Å². The van der Waals surface area contributed by atoms with E-state index in [0.717, 1.165) is 34.1 Å². The molecule has 2 heterocycles. The molecule has 0 aliphatic heterocycles. The molecule has 3 aliphatic carbocycles. The van der Waals surface area contributed by atoms with E-state index in [0.29, 0.717) is 0 Å². The molecular weight excluding hydrogens is 729 g/mol. The van der Waals surface area contributed by atoms with E-state index in [1.807, 2.05) is 30.9 Å². The van der Waals surface area contributed by atoms with E-state index in [9.17, 15) is 0 Å². The fraction of sp³-hybridized carbons (Fsp3) is 0.0714. The van der Waals surface area contributed by atoms with Gasteiger partial charge in [-0.1, -0.05) is 121 Å². The van der Waals surface area contributed by atoms with Gasteiger partial charge in [-0.2, -0.15) is 0 Å². The quantitative estimate of drug-likeness (QED) is 0.137. The van der Waals surface area contributed by atoms with Crippen LogP contribution in [0.4, 0.5) is 34.1 Å². The summed E-state index contributed by atoms with van der Waals surface area (Å²) in [6.45, 7) is 0. The molecule has 0 saturated carbocycles. The third-order valence-electron chi connectivity index (χ3n) is 12.4. The molecule has 4 atom stereocenters. The summed E-state index contributed by atoms with van der Waals surface area (Å²) in [5.74, 6) is 0.818. The van der Waals surface area contributed by atoms with Gasteiger partial charge in [-0.3, -0.25) is 9.97 Å². The minimum absolute atomic E-state index is 0.167. The van der Waals surface area contributed by atoms with Crippen LogP contribution in [0, 0.1) is 0 Å². The van der Waals surface area contributed by atoms with Crippen LogP contribution in [0.3, 0.4) is 0 Å². The molecular formula is C56H42N4. The number of aromatic nitrogens is 2. The number of allylic oxidation sites excluding steroid dienone is 4. The van der Waals surface area contributed by atoms with E-state index < -0.39 is 0 Å². The van der Waals surface area contributed by atoms with Gasteiger partial charge in [-0.05, 0) is 129 Å². The molecule has 4 heteroatoms. The van der Waals surface area contributed by atoms with E-state index in [-0.39, 0.29) is 23.7 Å². The van der Waals surface area contributed by atoms with Gasteiger partial charge < -0.3 is 9.80 Å². The van der Waals surface area contributed by atoms with Crippen LogP contribution >= 0.6 is 0 Å². The molecule has 0 amide bonds. The number of rotatable bonds is 9. The first-order valence-corrected chi connectivity index (χ1v) is 20.8. The molecule has 0 saturated heterocycles. The highest BCUT2D eigenvalue weighted by molar-refractivity contribution is 5.88. The number of hydrogen-bond donors (Lipinski definition) is 0. The van der Waals surface area contributed by atoms with Gasteiger partial charge in [-0.15, -0.1) is 0 Å². The molecule has 4 nitrogen and oxygen atoms in total. The molecule has 0 bridgehead atoms. The molecule has 4 unspecified atom stereocenters. The van der Waals surface area contributed by atoms with Gasteiger partial charge in [0.05, 0.1) is 11.9 Å². The Labute approximate surface area is 351 Å². The van der Waals surface area contributed by atoms with Crippen LogP contribution in [0.15, 0.2) is 225 Å². The van der Waals surface area contributed by atoms with Crippen molar-refractivity contribution in [2.24, 2.45) is 0 Å². The fourth-order valence-corrected chi connectivity index (χ4v) is 9.70. The largest absolute Gasteiger partial charge is 0.311 e. The average Bonchev–Trinajstić information content (AvgIpc) is 3.33. The molecule has 8 aromatic rings. The lowest BCUT2D eigenvalue weighted by atomic mass is 9.62. The van der Waals surface area contributed by atoms with E-state index in [1.54, 1.807) is 0 Å². The van der Waals surface area contributed by atoms with Crippen molar-refractivity contribution in [3.05, 3.63) is 264 Å². The molecule has 2 aromatic heterocycles. The summed E-state index contributed by atoms with van der Waals surface area (Å²) < 4.78 is 0. The van der Waals surface area contributed by atoms with Crippen molar-refractivity contribution < 1.29 is 0 Å². The van der Waals surface area contributed by atoms with Crippen LogP contribution in [0.2, 0.25) is 0 Å². The van der Waals surface area contributed by atoms with Crippen molar-refractivity contribution >= 4 is 45.8 Å². The van der Waals surface area contributed by atoms with Gasteiger partial charge in [-0.25, -0.2) is 0 Å². The van der Waals surface area contributed by atoms with Crippen LogP contribution in [0.1, 0.15) is 62.6 Å². The van der Waals surface area contributed by atoms with Crippen LogP contribution in [-0.4, -0.2) is 9.97 Å².